The number of methoxy groups -OCH3 is 1. The zero-order valence-corrected chi connectivity index (χ0v) is 16.6. The average molecular weight is 393 g/mol. The molecule has 1 saturated heterocycles. The van der Waals surface area contributed by atoms with E-state index in [0.29, 0.717) is 6.54 Å². The van der Waals surface area contributed by atoms with Gasteiger partial charge in [0.25, 0.3) is 0 Å². The second-order valence-corrected chi connectivity index (χ2v) is 8.29. The maximum atomic E-state index is 10.9. The van der Waals surface area contributed by atoms with E-state index in [0.717, 1.165) is 60.5 Å². The molecule has 3 aromatic rings. The minimum Gasteiger partial charge on any atom is -0.497 e. The third-order valence-electron chi connectivity index (χ3n) is 6.56. The van der Waals surface area contributed by atoms with Crippen molar-refractivity contribution in [2.45, 2.75) is 32.0 Å². The number of piperidine rings is 1. The molecule has 1 aliphatic carbocycles. The fraction of sp³-hybridized carbons (Fsp3) is 0.455. The molecule has 3 heterocycles. The molecule has 5 rings (SSSR count). The Labute approximate surface area is 170 Å². The van der Waals surface area contributed by atoms with Gasteiger partial charge in [0.05, 0.1) is 12.5 Å². The lowest BCUT2D eigenvalue weighted by atomic mass is 9.81. The monoisotopic (exact) mass is 393 g/mol. The molecule has 2 unspecified atom stereocenters. The van der Waals surface area contributed by atoms with Gasteiger partial charge in [0.2, 0.25) is 0 Å². The van der Waals surface area contributed by atoms with Crippen molar-refractivity contribution in [3.63, 3.8) is 0 Å². The molecular weight excluding hydrogens is 366 g/mol. The average Bonchev–Trinajstić information content (AvgIpc) is 3.33. The van der Waals surface area contributed by atoms with E-state index >= 15 is 0 Å². The summed E-state index contributed by atoms with van der Waals surface area (Å²) in [7, 11) is 1.67. The van der Waals surface area contributed by atoms with Gasteiger partial charge in [0.15, 0.2) is 0 Å². The minimum absolute atomic E-state index is 0.173. The number of nitrogens with one attached hydrogen (secondary N) is 2. The third kappa shape index (κ3) is 3.45. The van der Waals surface area contributed by atoms with Crippen molar-refractivity contribution in [1.29, 1.82) is 0 Å². The number of hydrogen-bond donors (Lipinski definition) is 3. The minimum atomic E-state index is -0.511. The van der Waals surface area contributed by atoms with E-state index in [2.05, 4.69) is 31.2 Å². The van der Waals surface area contributed by atoms with Gasteiger partial charge in [-0.1, -0.05) is 12.1 Å². The Balaban J connectivity index is 1.27. The van der Waals surface area contributed by atoms with Gasteiger partial charge in [-0.05, 0) is 48.4 Å². The predicted octanol–water partition coefficient (Wildman–Crippen LogP) is 2.68. The van der Waals surface area contributed by atoms with Gasteiger partial charge >= 0.3 is 0 Å². The summed E-state index contributed by atoms with van der Waals surface area (Å²) in [6, 6.07) is 10.0. The lowest BCUT2D eigenvalue weighted by molar-refractivity contribution is 0.0226. The number of ether oxygens (including phenoxy) is 1. The molecule has 0 amide bonds. The highest BCUT2D eigenvalue weighted by molar-refractivity contribution is 5.87. The normalized spacial score (nSPS) is 21.4. The first-order chi connectivity index (χ1) is 14.2. The molecule has 2 aromatic heterocycles. The predicted molar refractivity (Wildman–Crippen MR) is 112 cm³/mol. The largest absolute Gasteiger partial charge is 0.497 e. The van der Waals surface area contributed by atoms with Crippen LogP contribution < -0.4 is 15.0 Å². The molecule has 1 spiro atoms. The standard InChI is InChI=1S/C22H27N5O2/c1-29-16-4-2-3-15(11-16)12-24-21(28)18-6-10-27(13-22(18)7-8-22)20-17-5-9-23-19(17)25-14-26-20/h2-5,9,11,14,18,21,24,28H,6-8,10,12-13H2,1H3,(H,23,25,26). The van der Waals surface area contributed by atoms with Gasteiger partial charge in [0, 0.05) is 31.7 Å². The summed E-state index contributed by atoms with van der Waals surface area (Å²) in [4.78, 5) is 14.4. The van der Waals surface area contributed by atoms with Crippen LogP contribution in [0.25, 0.3) is 11.0 Å². The van der Waals surface area contributed by atoms with Gasteiger partial charge in [-0.25, -0.2) is 9.97 Å². The molecule has 1 aromatic carbocycles. The number of nitrogens with zero attached hydrogens (tertiary/aromatic N) is 3. The molecule has 2 atom stereocenters. The smallest absolute Gasteiger partial charge is 0.142 e. The SMILES string of the molecule is COc1cccc(CNC(O)C2CCN(c3ncnc4[nH]ccc34)CC23CC3)c1. The Bertz CT molecular complexity index is 1000. The summed E-state index contributed by atoms with van der Waals surface area (Å²) in [5.74, 6) is 2.10. The van der Waals surface area contributed by atoms with Crippen LogP contribution in [-0.2, 0) is 6.54 Å². The van der Waals surface area contributed by atoms with E-state index in [1.807, 2.05) is 30.5 Å². The van der Waals surface area contributed by atoms with Gasteiger partial charge in [0.1, 0.15) is 29.8 Å². The maximum Gasteiger partial charge on any atom is 0.142 e. The molecule has 0 radical (unpaired) electrons. The highest BCUT2D eigenvalue weighted by atomic mass is 16.5. The summed E-state index contributed by atoms with van der Waals surface area (Å²) in [5, 5.41) is 15.4. The Morgan fingerprint density at radius 3 is 3.07 bits per heavy atom. The Hall–Kier alpha value is -2.64. The van der Waals surface area contributed by atoms with Crippen molar-refractivity contribution >= 4 is 16.9 Å². The van der Waals surface area contributed by atoms with Crippen LogP contribution in [0.15, 0.2) is 42.9 Å². The number of rotatable bonds is 6. The fourth-order valence-electron chi connectivity index (χ4n) is 4.80. The number of H-pyrrole nitrogens is 1. The summed E-state index contributed by atoms with van der Waals surface area (Å²) < 4.78 is 5.29. The summed E-state index contributed by atoms with van der Waals surface area (Å²) >= 11 is 0. The van der Waals surface area contributed by atoms with Gasteiger partial charge in [-0.2, -0.15) is 0 Å². The molecule has 3 N–H and O–H groups in total. The summed E-state index contributed by atoms with van der Waals surface area (Å²) in [6.45, 7) is 2.46. The number of benzene rings is 1. The number of aromatic amines is 1. The number of anilines is 1. The molecule has 2 aliphatic rings. The molecule has 0 bridgehead atoms. The maximum absolute atomic E-state index is 10.9. The van der Waals surface area contributed by atoms with E-state index in [9.17, 15) is 5.11 Å². The quantitative estimate of drug-likeness (QED) is 0.558. The van der Waals surface area contributed by atoms with Gasteiger partial charge < -0.3 is 19.7 Å². The van der Waals surface area contributed by atoms with E-state index in [1.165, 1.54) is 0 Å². The van der Waals surface area contributed by atoms with Crippen molar-refractivity contribution in [3.05, 3.63) is 48.4 Å². The van der Waals surface area contributed by atoms with E-state index in [4.69, 9.17) is 4.74 Å². The number of aromatic nitrogens is 3. The van der Waals surface area contributed by atoms with Crippen LogP contribution in [0.4, 0.5) is 5.82 Å². The van der Waals surface area contributed by atoms with E-state index in [-0.39, 0.29) is 11.3 Å². The van der Waals surface area contributed by atoms with Crippen LogP contribution in [-0.4, -0.2) is 46.5 Å². The molecular formula is C22H27N5O2. The van der Waals surface area contributed by atoms with Gasteiger partial charge in [-0.3, -0.25) is 5.32 Å². The van der Waals surface area contributed by atoms with Crippen LogP contribution in [0, 0.1) is 11.3 Å². The fourth-order valence-corrected chi connectivity index (χ4v) is 4.80. The van der Waals surface area contributed by atoms with Crippen molar-refractivity contribution in [2.24, 2.45) is 11.3 Å². The van der Waals surface area contributed by atoms with Crippen molar-refractivity contribution in [1.82, 2.24) is 20.3 Å². The molecule has 2 fully saturated rings. The Morgan fingerprint density at radius 2 is 2.24 bits per heavy atom. The molecule has 7 heteroatoms. The molecule has 1 aliphatic heterocycles. The second kappa shape index (κ2) is 7.31. The molecule has 7 nitrogen and oxygen atoms in total. The number of aliphatic hydroxyl groups is 1. The number of hydrogen-bond acceptors (Lipinski definition) is 6. The lowest BCUT2D eigenvalue weighted by Crippen LogP contribution is -2.50. The third-order valence-corrected chi connectivity index (χ3v) is 6.56. The number of fused-ring (bicyclic) bond motifs is 1. The Morgan fingerprint density at radius 1 is 1.34 bits per heavy atom. The highest BCUT2D eigenvalue weighted by Gasteiger charge is 2.54. The first-order valence-electron chi connectivity index (χ1n) is 10.3. The van der Waals surface area contributed by atoms with Crippen LogP contribution in [0.5, 0.6) is 5.75 Å². The highest BCUT2D eigenvalue weighted by Crippen LogP contribution is 2.57. The second-order valence-electron chi connectivity index (χ2n) is 8.29. The van der Waals surface area contributed by atoms with Crippen LogP contribution in [0.1, 0.15) is 24.8 Å². The summed E-state index contributed by atoms with van der Waals surface area (Å²) in [6.07, 6.45) is 6.30. The van der Waals surface area contributed by atoms with Gasteiger partial charge in [-0.15, -0.1) is 0 Å². The molecule has 29 heavy (non-hydrogen) atoms. The van der Waals surface area contributed by atoms with E-state index in [1.54, 1.807) is 13.4 Å². The topological polar surface area (TPSA) is 86.3 Å². The molecule has 152 valence electrons. The van der Waals surface area contributed by atoms with Crippen molar-refractivity contribution in [2.75, 3.05) is 25.1 Å². The van der Waals surface area contributed by atoms with Crippen LogP contribution >= 0.6 is 0 Å². The molecule has 1 saturated carbocycles. The van der Waals surface area contributed by atoms with Crippen molar-refractivity contribution < 1.29 is 9.84 Å². The lowest BCUT2D eigenvalue weighted by Gasteiger charge is -2.42. The number of aliphatic hydroxyl groups excluding tert-OH is 1. The zero-order valence-electron chi connectivity index (χ0n) is 16.6. The van der Waals surface area contributed by atoms with E-state index < -0.39 is 6.23 Å². The van der Waals surface area contributed by atoms with Crippen LogP contribution in [0.2, 0.25) is 0 Å². The Kier molecular flexibility index (Phi) is 4.64. The zero-order chi connectivity index (χ0) is 19.8. The first kappa shape index (κ1) is 18.4. The van der Waals surface area contributed by atoms with Crippen LogP contribution in [0.3, 0.4) is 0 Å². The first-order valence-corrected chi connectivity index (χ1v) is 10.3. The summed E-state index contributed by atoms with van der Waals surface area (Å²) in [5.41, 5.74) is 2.16. The van der Waals surface area contributed by atoms with Crippen molar-refractivity contribution in [3.8, 4) is 5.75 Å².